The molecule has 5 heteroatoms. The van der Waals surface area contributed by atoms with Crippen molar-refractivity contribution < 1.29 is 4.74 Å². The van der Waals surface area contributed by atoms with Crippen molar-refractivity contribution in [2.75, 3.05) is 7.11 Å². The molecule has 0 bridgehead atoms. The maximum absolute atomic E-state index is 11.8. The van der Waals surface area contributed by atoms with Crippen molar-refractivity contribution in [3.63, 3.8) is 0 Å². The van der Waals surface area contributed by atoms with Crippen LogP contribution in [0.5, 0.6) is 5.75 Å². The van der Waals surface area contributed by atoms with Gasteiger partial charge in [-0.25, -0.2) is 5.10 Å². The van der Waals surface area contributed by atoms with E-state index in [1.54, 1.807) is 19.2 Å². The van der Waals surface area contributed by atoms with E-state index in [9.17, 15) is 4.79 Å². The lowest BCUT2D eigenvalue weighted by molar-refractivity contribution is 0.415. The minimum absolute atomic E-state index is 0.214. The van der Waals surface area contributed by atoms with Gasteiger partial charge in [0.1, 0.15) is 11.4 Å². The fraction of sp³-hybridized carbons (Fsp3) is 0.0667. The summed E-state index contributed by atoms with van der Waals surface area (Å²) in [6.45, 7) is 0. The Morgan fingerprint density at radius 2 is 1.90 bits per heavy atom. The predicted octanol–water partition coefficient (Wildman–Crippen LogP) is 3.25. The molecule has 0 aliphatic rings. The van der Waals surface area contributed by atoms with Gasteiger partial charge in [0.05, 0.1) is 17.5 Å². The third-order valence-corrected chi connectivity index (χ3v) is 3.44. The Balaban J connectivity index is 2.30. The molecular formula is C15H11ClN2O2. The zero-order valence-corrected chi connectivity index (χ0v) is 11.4. The highest BCUT2D eigenvalue weighted by molar-refractivity contribution is 6.33. The van der Waals surface area contributed by atoms with Crippen LogP contribution in [-0.2, 0) is 0 Å². The zero-order chi connectivity index (χ0) is 14.1. The Labute approximate surface area is 120 Å². The van der Waals surface area contributed by atoms with Crippen molar-refractivity contribution in [3.05, 3.63) is 57.8 Å². The van der Waals surface area contributed by atoms with E-state index >= 15 is 0 Å². The fourth-order valence-corrected chi connectivity index (χ4v) is 2.39. The SMILES string of the molecule is COc1ccc(-c2n[nH]c(=O)c3ccccc23)c(Cl)c1. The average molecular weight is 287 g/mol. The number of H-pyrrole nitrogens is 1. The molecular weight excluding hydrogens is 276 g/mol. The summed E-state index contributed by atoms with van der Waals surface area (Å²) in [6, 6.07) is 12.7. The van der Waals surface area contributed by atoms with E-state index in [2.05, 4.69) is 10.2 Å². The molecule has 100 valence electrons. The lowest BCUT2D eigenvalue weighted by Gasteiger charge is -2.08. The molecule has 0 radical (unpaired) electrons. The van der Waals surface area contributed by atoms with Crippen molar-refractivity contribution in [1.29, 1.82) is 0 Å². The monoisotopic (exact) mass is 286 g/mol. The minimum Gasteiger partial charge on any atom is -0.497 e. The quantitative estimate of drug-likeness (QED) is 0.787. The van der Waals surface area contributed by atoms with Crippen LogP contribution in [0.25, 0.3) is 22.0 Å². The minimum atomic E-state index is -0.214. The van der Waals surface area contributed by atoms with Gasteiger partial charge in [0.25, 0.3) is 5.56 Å². The first-order valence-electron chi connectivity index (χ1n) is 6.02. The summed E-state index contributed by atoms with van der Waals surface area (Å²) in [4.78, 5) is 11.8. The second-order valence-corrected chi connectivity index (χ2v) is 4.70. The highest BCUT2D eigenvalue weighted by atomic mass is 35.5. The normalized spacial score (nSPS) is 10.7. The van der Waals surface area contributed by atoms with Gasteiger partial charge in [0, 0.05) is 10.9 Å². The topological polar surface area (TPSA) is 55.0 Å². The average Bonchev–Trinajstić information content (AvgIpc) is 2.48. The van der Waals surface area contributed by atoms with Crippen LogP contribution in [0.15, 0.2) is 47.3 Å². The number of methoxy groups -OCH3 is 1. The number of hydrogen-bond donors (Lipinski definition) is 1. The first-order valence-corrected chi connectivity index (χ1v) is 6.40. The van der Waals surface area contributed by atoms with Crippen LogP contribution >= 0.6 is 11.6 Å². The zero-order valence-electron chi connectivity index (χ0n) is 10.7. The van der Waals surface area contributed by atoms with Gasteiger partial charge in [-0.1, -0.05) is 29.8 Å². The molecule has 3 rings (SSSR count). The molecule has 0 amide bonds. The van der Waals surface area contributed by atoms with Crippen LogP contribution in [0.4, 0.5) is 0 Å². The van der Waals surface area contributed by atoms with Gasteiger partial charge in [-0.05, 0) is 24.3 Å². The molecule has 0 aliphatic carbocycles. The van der Waals surface area contributed by atoms with Crippen molar-refractivity contribution in [3.8, 4) is 17.0 Å². The van der Waals surface area contributed by atoms with Gasteiger partial charge in [0.2, 0.25) is 0 Å². The number of halogens is 1. The predicted molar refractivity (Wildman–Crippen MR) is 79.4 cm³/mol. The summed E-state index contributed by atoms with van der Waals surface area (Å²) < 4.78 is 5.13. The van der Waals surface area contributed by atoms with Crippen LogP contribution in [-0.4, -0.2) is 17.3 Å². The van der Waals surface area contributed by atoms with Crippen molar-refractivity contribution in [1.82, 2.24) is 10.2 Å². The maximum Gasteiger partial charge on any atom is 0.272 e. The summed E-state index contributed by atoms with van der Waals surface area (Å²) in [6.07, 6.45) is 0. The van der Waals surface area contributed by atoms with Crippen LogP contribution < -0.4 is 10.3 Å². The lowest BCUT2D eigenvalue weighted by Crippen LogP contribution is -2.09. The number of fused-ring (bicyclic) bond motifs is 1. The van der Waals surface area contributed by atoms with Crippen LogP contribution in [0, 0.1) is 0 Å². The molecule has 1 N–H and O–H groups in total. The summed E-state index contributed by atoms with van der Waals surface area (Å²) in [5.74, 6) is 0.674. The van der Waals surface area contributed by atoms with Crippen molar-refractivity contribution >= 4 is 22.4 Å². The van der Waals surface area contributed by atoms with Gasteiger partial charge in [-0.15, -0.1) is 0 Å². The van der Waals surface area contributed by atoms with Gasteiger partial charge < -0.3 is 4.74 Å². The summed E-state index contributed by atoms with van der Waals surface area (Å²) in [5, 5.41) is 8.51. The Hall–Kier alpha value is -2.33. The Bertz CT molecular complexity index is 843. The number of rotatable bonds is 2. The number of ether oxygens (including phenoxy) is 1. The largest absolute Gasteiger partial charge is 0.497 e. The molecule has 0 aliphatic heterocycles. The van der Waals surface area contributed by atoms with Crippen LogP contribution in [0.3, 0.4) is 0 Å². The van der Waals surface area contributed by atoms with E-state index in [0.29, 0.717) is 21.9 Å². The highest BCUT2D eigenvalue weighted by Crippen LogP contribution is 2.32. The van der Waals surface area contributed by atoms with E-state index in [0.717, 1.165) is 10.9 Å². The number of benzene rings is 2. The van der Waals surface area contributed by atoms with E-state index in [1.807, 2.05) is 30.3 Å². The van der Waals surface area contributed by atoms with Gasteiger partial charge >= 0.3 is 0 Å². The first-order chi connectivity index (χ1) is 9.70. The second kappa shape index (κ2) is 4.98. The molecule has 1 aromatic heterocycles. The number of nitrogens with zero attached hydrogens (tertiary/aromatic N) is 1. The van der Waals surface area contributed by atoms with Crippen LogP contribution in [0.1, 0.15) is 0 Å². The van der Waals surface area contributed by atoms with Gasteiger partial charge in [-0.2, -0.15) is 5.10 Å². The molecule has 1 heterocycles. The van der Waals surface area contributed by atoms with E-state index in [4.69, 9.17) is 16.3 Å². The van der Waals surface area contributed by atoms with Gasteiger partial charge in [-0.3, -0.25) is 4.79 Å². The maximum atomic E-state index is 11.8. The lowest BCUT2D eigenvalue weighted by atomic mass is 10.0. The Morgan fingerprint density at radius 3 is 2.60 bits per heavy atom. The van der Waals surface area contributed by atoms with Gasteiger partial charge in [0.15, 0.2) is 0 Å². The number of aromatic amines is 1. The molecule has 0 atom stereocenters. The highest BCUT2D eigenvalue weighted by Gasteiger charge is 2.11. The van der Waals surface area contributed by atoms with Crippen LogP contribution in [0.2, 0.25) is 5.02 Å². The number of nitrogens with one attached hydrogen (secondary N) is 1. The van der Waals surface area contributed by atoms with E-state index in [1.165, 1.54) is 0 Å². The number of aromatic nitrogens is 2. The third kappa shape index (κ3) is 2.04. The summed E-state index contributed by atoms with van der Waals surface area (Å²) in [5.41, 5.74) is 1.18. The molecule has 0 unspecified atom stereocenters. The molecule has 2 aromatic carbocycles. The Kier molecular flexibility index (Phi) is 3.16. The number of hydrogen-bond acceptors (Lipinski definition) is 3. The Morgan fingerprint density at radius 1 is 1.15 bits per heavy atom. The molecule has 0 saturated heterocycles. The molecule has 0 fully saturated rings. The molecule has 4 nitrogen and oxygen atoms in total. The molecule has 0 spiro atoms. The summed E-state index contributed by atoms with van der Waals surface area (Å²) >= 11 is 6.27. The molecule has 20 heavy (non-hydrogen) atoms. The third-order valence-electron chi connectivity index (χ3n) is 3.13. The second-order valence-electron chi connectivity index (χ2n) is 4.29. The fourth-order valence-electron chi connectivity index (χ4n) is 2.13. The molecule has 0 saturated carbocycles. The van der Waals surface area contributed by atoms with Crippen molar-refractivity contribution in [2.24, 2.45) is 0 Å². The van der Waals surface area contributed by atoms with Crippen molar-refractivity contribution in [2.45, 2.75) is 0 Å². The molecule has 3 aromatic rings. The smallest absolute Gasteiger partial charge is 0.272 e. The first kappa shape index (κ1) is 12.7. The van der Waals surface area contributed by atoms with E-state index in [-0.39, 0.29) is 5.56 Å². The standard InChI is InChI=1S/C15H11ClN2O2/c1-20-9-6-7-12(13(16)8-9)14-10-4-2-3-5-11(10)15(19)18-17-14/h2-8H,1H3,(H,18,19). The summed E-state index contributed by atoms with van der Waals surface area (Å²) in [7, 11) is 1.58. The van der Waals surface area contributed by atoms with E-state index < -0.39 is 0 Å².